The molecule has 0 amide bonds. The highest BCUT2D eigenvalue weighted by molar-refractivity contribution is 5.97. The molecule has 0 atom stereocenters. The molecule has 0 aromatic carbocycles. The average Bonchev–Trinajstić information content (AvgIpc) is 2.25. The van der Waals surface area contributed by atoms with Crippen molar-refractivity contribution in [3.63, 3.8) is 0 Å². The average molecular weight is 191 g/mol. The second-order valence-electron chi connectivity index (χ2n) is 2.47. The van der Waals surface area contributed by atoms with Gasteiger partial charge in [0.1, 0.15) is 6.61 Å². The molecule has 1 rings (SSSR count). The van der Waals surface area contributed by atoms with E-state index in [-0.39, 0.29) is 17.7 Å². The summed E-state index contributed by atoms with van der Waals surface area (Å²) in [6.45, 7) is 3.52. The van der Waals surface area contributed by atoms with Crippen LogP contribution in [0.5, 0.6) is 0 Å². The zero-order valence-corrected chi connectivity index (χ0v) is 7.47. The minimum Gasteiger partial charge on any atom is -0.458 e. The van der Waals surface area contributed by atoms with Crippen LogP contribution in [-0.2, 0) is 4.74 Å². The minimum atomic E-state index is -0.569. The van der Waals surface area contributed by atoms with Gasteiger partial charge in [0.15, 0.2) is 6.29 Å². The number of nitrogens with zero attached hydrogens (tertiary/aromatic N) is 1. The van der Waals surface area contributed by atoms with Crippen molar-refractivity contribution in [2.24, 2.45) is 0 Å². The van der Waals surface area contributed by atoms with Crippen molar-refractivity contribution in [3.8, 4) is 0 Å². The van der Waals surface area contributed by atoms with Gasteiger partial charge in [0.05, 0.1) is 5.56 Å². The Morgan fingerprint density at radius 1 is 1.64 bits per heavy atom. The van der Waals surface area contributed by atoms with Crippen LogP contribution in [0.25, 0.3) is 0 Å². The van der Waals surface area contributed by atoms with Gasteiger partial charge in [-0.2, -0.15) is 0 Å². The predicted octanol–water partition coefficient (Wildman–Crippen LogP) is 1.24. The van der Waals surface area contributed by atoms with E-state index in [1.165, 1.54) is 24.5 Å². The van der Waals surface area contributed by atoms with Crippen LogP contribution in [-0.4, -0.2) is 23.8 Å². The third-order valence-electron chi connectivity index (χ3n) is 1.53. The number of esters is 1. The molecule has 14 heavy (non-hydrogen) atoms. The Labute approximate surface area is 81.2 Å². The molecule has 0 radical (unpaired) electrons. The van der Waals surface area contributed by atoms with E-state index < -0.39 is 5.97 Å². The molecule has 0 saturated heterocycles. The van der Waals surface area contributed by atoms with Gasteiger partial charge in [0.2, 0.25) is 0 Å². The lowest BCUT2D eigenvalue weighted by molar-refractivity contribution is 0.0547. The third kappa shape index (κ3) is 2.26. The van der Waals surface area contributed by atoms with E-state index in [0.29, 0.717) is 6.29 Å². The van der Waals surface area contributed by atoms with Gasteiger partial charge in [0.25, 0.3) is 0 Å². The number of aromatic nitrogens is 1. The Balaban J connectivity index is 2.88. The summed E-state index contributed by atoms with van der Waals surface area (Å²) in [5.74, 6) is -0.569. The highest BCUT2D eigenvalue weighted by Gasteiger charge is 2.11. The first-order chi connectivity index (χ1) is 6.79. The Hall–Kier alpha value is -1.97. The molecule has 0 N–H and O–H groups in total. The van der Waals surface area contributed by atoms with Crippen LogP contribution in [0.4, 0.5) is 0 Å². The third-order valence-corrected chi connectivity index (χ3v) is 1.53. The van der Waals surface area contributed by atoms with Crippen LogP contribution in [0.2, 0.25) is 0 Å². The van der Waals surface area contributed by atoms with Gasteiger partial charge in [-0.15, -0.1) is 0 Å². The van der Waals surface area contributed by atoms with E-state index >= 15 is 0 Å². The zero-order valence-electron chi connectivity index (χ0n) is 7.47. The normalized spacial score (nSPS) is 9.14. The maximum atomic E-state index is 11.3. The summed E-state index contributed by atoms with van der Waals surface area (Å²) in [5.41, 5.74) is 0.443. The number of ether oxygens (including phenoxy) is 1. The van der Waals surface area contributed by atoms with Crippen molar-refractivity contribution in [1.29, 1.82) is 0 Å². The Morgan fingerprint density at radius 2 is 2.43 bits per heavy atom. The van der Waals surface area contributed by atoms with E-state index in [9.17, 15) is 9.59 Å². The Kier molecular flexibility index (Phi) is 3.55. The summed E-state index contributed by atoms with van der Waals surface area (Å²) in [6.07, 6.45) is 4.78. The van der Waals surface area contributed by atoms with Gasteiger partial charge >= 0.3 is 5.97 Å². The maximum Gasteiger partial charge on any atom is 0.340 e. The van der Waals surface area contributed by atoms with Crippen molar-refractivity contribution in [2.45, 2.75) is 0 Å². The number of aldehydes is 1. The smallest absolute Gasteiger partial charge is 0.340 e. The summed E-state index contributed by atoms with van der Waals surface area (Å²) in [7, 11) is 0. The molecular formula is C10H9NO3. The number of hydrogen-bond donors (Lipinski definition) is 0. The lowest BCUT2D eigenvalue weighted by atomic mass is 10.1. The zero-order chi connectivity index (χ0) is 10.4. The van der Waals surface area contributed by atoms with E-state index in [2.05, 4.69) is 11.6 Å². The molecule has 0 aliphatic carbocycles. The van der Waals surface area contributed by atoms with Crippen LogP contribution in [0.3, 0.4) is 0 Å². The number of pyridine rings is 1. The van der Waals surface area contributed by atoms with Crippen molar-refractivity contribution >= 4 is 12.3 Å². The van der Waals surface area contributed by atoms with Crippen molar-refractivity contribution < 1.29 is 14.3 Å². The molecule has 1 heterocycles. The van der Waals surface area contributed by atoms with Crippen molar-refractivity contribution in [3.05, 3.63) is 42.2 Å². The highest BCUT2D eigenvalue weighted by Crippen LogP contribution is 2.05. The van der Waals surface area contributed by atoms with Crippen molar-refractivity contribution in [1.82, 2.24) is 4.98 Å². The fourth-order valence-corrected chi connectivity index (χ4v) is 0.891. The quantitative estimate of drug-likeness (QED) is 0.408. The fourth-order valence-electron chi connectivity index (χ4n) is 0.891. The molecule has 0 unspecified atom stereocenters. The van der Waals surface area contributed by atoms with E-state index in [0.717, 1.165) is 0 Å². The van der Waals surface area contributed by atoms with Gasteiger partial charge in [0, 0.05) is 18.0 Å². The van der Waals surface area contributed by atoms with Crippen molar-refractivity contribution in [2.75, 3.05) is 6.61 Å². The number of hydrogen-bond acceptors (Lipinski definition) is 4. The minimum absolute atomic E-state index is 0.117. The molecule has 0 spiro atoms. The van der Waals surface area contributed by atoms with Crippen LogP contribution >= 0.6 is 0 Å². The van der Waals surface area contributed by atoms with Crippen LogP contribution in [0, 0.1) is 0 Å². The summed E-state index contributed by atoms with van der Waals surface area (Å²) < 4.78 is 4.76. The molecule has 1 aromatic heterocycles. The topological polar surface area (TPSA) is 56.3 Å². The lowest BCUT2D eigenvalue weighted by Crippen LogP contribution is -2.08. The molecule has 0 aliphatic rings. The molecule has 0 bridgehead atoms. The summed E-state index contributed by atoms with van der Waals surface area (Å²) >= 11 is 0. The van der Waals surface area contributed by atoms with Crippen LogP contribution in [0.1, 0.15) is 20.7 Å². The van der Waals surface area contributed by atoms with E-state index in [1.54, 1.807) is 0 Å². The van der Waals surface area contributed by atoms with Gasteiger partial charge in [-0.1, -0.05) is 12.7 Å². The first-order valence-electron chi connectivity index (χ1n) is 3.96. The predicted molar refractivity (Wildman–Crippen MR) is 50.1 cm³/mol. The number of carbonyl (C=O) groups excluding carboxylic acids is 2. The van der Waals surface area contributed by atoms with Crippen LogP contribution < -0.4 is 0 Å². The van der Waals surface area contributed by atoms with Gasteiger partial charge in [-0.3, -0.25) is 9.78 Å². The molecule has 4 nitrogen and oxygen atoms in total. The lowest BCUT2D eigenvalue weighted by Gasteiger charge is -2.02. The van der Waals surface area contributed by atoms with Gasteiger partial charge < -0.3 is 4.74 Å². The summed E-state index contributed by atoms with van der Waals surface area (Å²) in [4.78, 5) is 25.6. The van der Waals surface area contributed by atoms with E-state index in [4.69, 9.17) is 4.74 Å². The van der Waals surface area contributed by atoms with Gasteiger partial charge in [-0.05, 0) is 6.07 Å². The van der Waals surface area contributed by atoms with E-state index in [1.807, 2.05) is 0 Å². The highest BCUT2D eigenvalue weighted by atomic mass is 16.5. The molecule has 1 aromatic rings. The fraction of sp³-hybridized carbons (Fsp3) is 0.100. The number of carbonyl (C=O) groups is 2. The number of rotatable bonds is 4. The Bertz CT molecular complexity index is 360. The molecular weight excluding hydrogens is 182 g/mol. The molecule has 4 heteroatoms. The standard InChI is InChI=1S/C10H9NO3/c1-2-5-14-10(13)9-6-11-4-3-8(9)7-12/h2-4,6-7H,1,5H2. The largest absolute Gasteiger partial charge is 0.458 e. The van der Waals surface area contributed by atoms with Crippen LogP contribution in [0.15, 0.2) is 31.1 Å². The Morgan fingerprint density at radius 3 is 3.07 bits per heavy atom. The molecule has 0 saturated carbocycles. The monoisotopic (exact) mass is 191 g/mol. The first-order valence-corrected chi connectivity index (χ1v) is 3.96. The molecule has 0 fully saturated rings. The summed E-state index contributed by atoms with van der Waals surface area (Å²) in [6, 6.07) is 1.46. The first kappa shape index (κ1) is 10.1. The summed E-state index contributed by atoms with van der Waals surface area (Å²) in [5, 5.41) is 0. The SMILES string of the molecule is C=CCOC(=O)c1cnccc1C=O. The molecule has 72 valence electrons. The molecule has 0 aliphatic heterocycles. The van der Waals surface area contributed by atoms with Gasteiger partial charge in [-0.25, -0.2) is 4.79 Å². The second kappa shape index (κ2) is 4.91. The second-order valence-corrected chi connectivity index (χ2v) is 2.47. The maximum absolute atomic E-state index is 11.3.